The number of amides is 2. The first-order chi connectivity index (χ1) is 8.18. The number of nitrogens with zero attached hydrogens (tertiary/aromatic N) is 1. The number of likely N-dealkylation sites (tertiary alicyclic amines) is 1. The maximum Gasteiger partial charge on any atom is 0.326 e. The van der Waals surface area contributed by atoms with Crippen LogP contribution in [0.4, 0.5) is 10.5 Å². The Morgan fingerprint density at radius 3 is 2.94 bits per heavy atom. The Kier molecular flexibility index (Phi) is 3.63. The molecule has 6 heteroatoms. The second-order valence-electron chi connectivity index (χ2n) is 3.99. The topological polar surface area (TPSA) is 69.6 Å². The Hall–Kier alpha value is -1.56. The summed E-state index contributed by atoms with van der Waals surface area (Å²) in [6.45, 7) is 0.507. The quantitative estimate of drug-likeness (QED) is 0.850. The number of rotatable bonds is 2. The van der Waals surface area contributed by atoms with Crippen LogP contribution in [0.15, 0.2) is 16.8 Å². The van der Waals surface area contributed by atoms with Gasteiger partial charge in [-0.3, -0.25) is 0 Å². The summed E-state index contributed by atoms with van der Waals surface area (Å²) in [4.78, 5) is 24.4. The molecular weight excluding hydrogens is 240 g/mol. The lowest BCUT2D eigenvalue weighted by atomic mass is 10.0. The predicted molar refractivity (Wildman–Crippen MR) is 65.3 cm³/mol. The summed E-state index contributed by atoms with van der Waals surface area (Å²) in [5.41, 5.74) is 0.717. The first-order valence-electron chi connectivity index (χ1n) is 5.51. The lowest BCUT2D eigenvalue weighted by Gasteiger charge is -2.32. The van der Waals surface area contributed by atoms with Crippen molar-refractivity contribution in [3.8, 4) is 0 Å². The zero-order chi connectivity index (χ0) is 12.3. The van der Waals surface area contributed by atoms with Gasteiger partial charge in [0.1, 0.15) is 6.04 Å². The molecule has 1 fully saturated rings. The van der Waals surface area contributed by atoms with Crippen LogP contribution in [0, 0.1) is 0 Å². The highest BCUT2D eigenvalue weighted by molar-refractivity contribution is 7.08. The van der Waals surface area contributed by atoms with Crippen LogP contribution >= 0.6 is 11.3 Å². The molecule has 0 bridgehead atoms. The van der Waals surface area contributed by atoms with Gasteiger partial charge in [0, 0.05) is 11.9 Å². The summed E-state index contributed by atoms with van der Waals surface area (Å²) in [7, 11) is 0. The summed E-state index contributed by atoms with van der Waals surface area (Å²) in [6, 6.07) is 0.778. The van der Waals surface area contributed by atoms with Gasteiger partial charge in [0.25, 0.3) is 0 Å². The van der Waals surface area contributed by atoms with E-state index in [0.29, 0.717) is 13.0 Å². The molecule has 92 valence electrons. The average Bonchev–Trinajstić information content (AvgIpc) is 2.81. The first kappa shape index (κ1) is 11.9. The summed E-state index contributed by atoms with van der Waals surface area (Å²) in [6.07, 6.45) is 2.26. The summed E-state index contributed by atoms with van der Waals surface area (Å²) in [5, 5.41) is 15.5. The number of carbonyl (C=O) groups is 2. The van der Waals surface area contributed by atoms with Gasteiger partial charge in [-0.25, -0.2) is 9.59 Å². The van der Waals surface area contributed by atoms with Crippen LogP contribution in [0.2, 0.25) is 0 Å². The van der Waals surface area contributed by atoms with Crippen LogP contribution in [0.25, 0.3) is 0 Å². The number of piperidine rings is 1. The standard InChI is InChI=1S/C11H14N2O3S/c14-10(15)9-3-1-2-5-13(9)11(16)12-8-4-6-17-7-8/h4,6-7,9H,1-3,5H2,(H,12,16)(H,14,15). The fraction of sp³-hybridized carbons (Fsp3) is 0.455. The van der Waals surface area contributed by atoms with Crippen molar-refractivity contribution in [1.29, 1.82) is 0 Å². The summed E-state index contributed by atoms with van der Waals surface area (Å²) < 4.78 is 0. The molecule has 2 heterocycles. The first-order valence-corrected chi connectivity index (χ1v) is 6.45. The molecule has 1 aromatic rings. The molecule has 1 aromatic heterocycles. The Morgan fingerprint density at radius 1 is 1.47 bits per heavy atom. The van der Waals surface area contributed by atoms with Gasteiger partial charge in [-0.05, 0) is 30.7 Å². The number of anilines is 1. The fourth-order valence-corrected chi connectivity index (χ4v) is 2.55. The number of carboxylic acid groups (broad SMARTS) is 1. The maximum atomic E-state index is 11.9. The molecule has 2 amide bonds. The number of hydrogen-bond acceptors (Lipinski definition) is 3. The van der Waals surface area contributed by atoms with Crippen molar-refractivity contribution in [2.45, 2.75) is 25.3 Å². The van der Waals surface area contributed by atoms with E-state index in [-0.39, 0.29) is 6.03 Å². The van der Waals surface area contributed by atoms with Crippen molar-refractivity contribution in [2.24, 2.45) is 0 Å². The Balaban J connectivity index is 2.03. The molecule has 17 heavy (non-hydrogen) atoms. The number of nitrogens with one attached hydrogen (secondary N) is 1. The third kappa shape index (κ3) is 2.76. The number of thiophene rings is 1. The molecule has 1 aliphatic heterocycles. The molecule has 1 saturated heterocycles. The largest absolute Gasteiger partial charge is 0.480 e. The minimum atomic E-state index is -0.926. The van der Waals surface area contributed by atoms with E-state index in [1.165, 1.54) is 16.2 Å². The van der Waals surface area contributed by atoms with E-state index in [1.807, 2.05) is 10.8 Å². The molecule has 0 radical (unpaired) electrons. The van der Waals surface area contributed by atoms with E-state index in [0.717, 1.165) is 18.5 Å². The maximum absolute atomic E-state index is 11.9. The summed E-state index contributed by atoms with van der Waals surface area (Å²) >= 11 is 1.49. The van der Waals surface area contributed by atoms with E-state index in [9.17, 15) is 9.59 Å². The van der Waals surface area contributed by atoms with Gasteiger partial charge in [-0.2, -0.15) is 11.3 Å². The van der Waals surface area contributed by atoms with Crippen molar-refractivity contribution in [3.05, 3.63) is 16.8 Å². The molecule has 1 atom stereocenters. The Morgan fingerprint density at radius 2 is 2.29 bits per heavy atom. The third-order valence-corrected chi connectivity index (χ3v) is 3.50. The molecule has 2 N–H and O–H groups in total. The van der Waals surface area contributed by atoms with Crippen LogP contribution < -0.4 is 5.32 Å². The molecule has 1 aliphatic rings. The van der Waals surface area contributed by atoms with Crippen LogP contribution in [-0.4, -0.2) is 34.6 Å². The number of urea groups is 1. The van der Waals surface area contributed by atoms with Crippen molar-refractivity contribution < 1.29 is 14.7 Å². The lowest BCUT2D eigenvalue weighted by molar-refractivity contribution is -0.143. The van der Waals surface area contributed by atoms with E-state index in [2.05, 4.69) is 5.32 Å². The molecule has 0 aliphatic carbocycles. The second kappa shape index (κ2) is 5.18. The van der Waals surface area contributed by atoms with Crippen LogP contribution in [-0.2, 0) is 4.79 Å². The number of hydrogen-bond donors (Lipinski definition) is 2. The van der Waals surface area contributed by atoms with Gasteiger partial charge in [0.2, 0.25) is 0 Å². The van der Waals surface area contributed by atoms with Gasteiger partial charge in [0.05, 0.1) is 5.69 Å². The highest BCUT2D eigenvalue weighted by atomic mass is 32.1. The Bertz CT molecular complexity index is 405. The van der Waals surface area contributed by atoms with E-state index >= 15 is 0 Å². The minimum absolute atomic E-state index is 0.324. The van der Waals surface area contributed by atoms with Gasteiger partial charge >= 0.3 is 12.0 Å². The van der Waals surface area contributed by atoms with Gasteiger partial charge in [-0.15, -0.1) is 0 Å². The highest BCUT2D eigenvalue weighted by Crippen LogP contribution is 2.19. The smallest absolute Gasteiger partial charge is 0.326 e. The highest BCUT2D eigenvalue weighted by Gasteiger charge is 2.31. The zero-order valence-corrected chi connectivity index (χ0v) is 10.1. The third-order valence-electron chi connectivity index (χ3n) is 2.82. The second-order valence-corrected chi connectivity index (χ2v) is 4.77. The predicted octanol–water partition coefficient (Wildman–Crippen LogP) is 2.22. The van der Waals surface area contributed by atoms with Gasteiger partial charge < -0.3 is 15.3 Å². The molecule has 0 aromatic carbocycles. The molecule has 0 saturated carbocycles. The molecule has 1 unspecified atom stereocenters. The van der Waals surface area contributed by atoms with Crippen molar-refractivity contribution in [3.63, 3.8) is 0 Å². The van der Waals surface area contributed by atoms with E-state index in [1.54, 1.807) is 6.07 Å². The number of aliphatic carboxylic acids is 1. The molecule has 0 spiro atoms. The van der Waals surface area contributed by atoms with Gasteiger partial charge in [-0.1, -0.05) is 0 Å². The molecule has 5 nitrogen and oxygen atoms in total. The molecule has 2 rings (SSSR count). The van der Waals surface area contributed by atoms with Gasteiger partial charge in [0.15, 0.2) is 0 Å². The van der Waals surface area contributed by atoms with Crippen molar-refractivity contribution in [1.82, 2.24) is 4.90 Å². The fourth-order valence-electron chi connectivity index (χ4n) is 1.96. The SMILES string of the molecule is O=C(O)C1CCCCN1C(=O)Nc1ccsc1. The summed E-state index contributed by atoms with van der Waals surface area (Å²) in [5.74, 6) is -0.926. The van der Waals surface area contributed by atoms with Crippen LogP contribution in [0.3, 0.4) is 0 Å². The van der Waals surface area contributed by atoms with E-state index < -0.39 is 12.0 Å². The lowest BCUT2D eigenvalue weighted by Crippen LogP contribution is -2.49. The van der Waals surface area contributed by atoms with E-state index in [4.69, 9.17) is 5.11 Å². The normalized spacial score (nSPS) is 20.0. The number of carboxylic acids is 1. The van der Waals surface area contributed by atoms with Crippen molar-refractivity contribution in [2.75, 3.05) is 11.9 Å². The average molecular weight is 254 g/mol. The van der Waals surface area contributed by atoms with Crippen LogP contribution in [0.1, 0.15) is 19.3 Å². The zero-order valence-electron chi connectivity index (χ0n) is 9.26. The Labute approximate surface area is 103 Å². The molecular formula is C11H14N2O3S. The van der Waals surface area contributed by atoms with Crippen molar-refractivity contribution >= 4 is 29.0 Å². The monoisotopic (exact) mass is 254 g/mol. The van der Waals surface area contributed by atoms with Crippen LogP contribution in [0.5, 0.6) is 0 Å². The number of carbonyl (C=O) groups excluding carboxylic acids is 1. The minimum Gasteiger partial charge on any atom is -0.480 e.